The molecule has 0 radical (unpaired) electrons. The summed E-state index contributed by atoms with van der Waals surface area (Å²) in [5, 5.41) is 0. The van der Waals surface area contributed by atoms with E-state index in [1.54, 1.807) is 0 Å². The Hall–Kier alpha value is -1.05. The molecule has 7 heteroatoms. The highest BCUT2D eigenvalue weighted by atomic mass is 32.2. The molecule has 5 nitrogen and oxygen atoms in total. The number of hydrogen-bond acceptors (Lipinski definition) is 4. The second kappa shape index (κ2) is 7.66. The Morgan fingerprint density at radius 2 is 2.10 bits per heavy atom. The van der Waals surface area contributed by atoms with E-state index in [0.717, 1.165) is 19.3 Å². The van der Waals surface area contributed by atoms with Crippen LogP contribution in [0.4, 0.5) is 0 Å². The zero-order valence-corrected chi connectivity index (χ0v) is 13.4. The maximum atomic E-state index is 12.0. The number of unbranched alkanes of at least 4 members (excludes halogenated alkanes) is 1. The summed E-state index contributed by atoms with van der Waals surface area (Å²) >= 11 is 4.77. The average molecular weight is 315 g/mol. The van der Waals surface area contributed by atoms with Crippen molar-refractivity contribution in [1.29, 1.82) is 0 Å². The van der Waals surface area contributed by atoms with Crippen LogP contribution in [0.15, 0.2) is 23.2 Å². The summed E-state index contributed by atoms with van der Waals surface area (Å²) < 4.78 is 26.6. The highest BCUT2D eigenvalue weighted by molar-refractivity contribution is 7.89. The molecule has 1 rings (SSSR count). The lowest BCUT2D eigenvalue weighted by Crippen LogP contribution is -2.25. The van der Waals surface area contributed by atoms with Gasteiger partial charge < -0.3 is 5.73 Å². The maximum absolute atomic E-state index is 12.0. The van der Waals surface area contributed by atoms with Crippen LogP contribution >= 0.6 is 12.2 Å². The first-order valence-corrected chi connectivity index (χ1v) is 8.47. The van der Waals surface area contributed by atoms with Gasteiger partial charge in [-0.05, 0) is 24.5 Å². The summed E-state index contributed by atoms with van der Waals surface area (Å²) in [6.07, 6.45) is 4.21. The van der Waals surface area contributed by atoms with Gasteiger partial charge in [0, 0.05) is 12.7 Å². The molecule has 0 bridgehead atoms. The monoisotopic (exact) mass is 315 g/mol. The van der Waals surface area contributed by atoms with Gasteiger partial charge in [-0.1, -0.05) is 38.9 Å². The molecule has 0 unspecified atom stereocenters. The van der Waals surface area contributed by atoms with E-state index in [-0.39, 0.29) is 9.88 Å². The van der Waals surface area contributed by atoms with Gasteiger partial charge in [-0.2, -0.15) is 0 Å². The highest BCUT2D eigenvalue weighted by Crippen LogP contribution is 2.09. The van der Waals surface area contributed by atoms with Crippen LogP contribution in [0.1, 0.15) is 38.8 Å². The molecule has 0 spiro atoms. The fourth-order valence-corrected chi connectivity index (χ4v) is 2.79. The van der Waals surface area contributed by atoms with E-state index in [0.29, 0.717) is 18.2 Å². The third kappa shape index (κ3) is 5.52. The minimum absolute atomic E-state index is 0.126. The number of sulfonamides is 1. The average Bonchev–Trinajstić information content (AvgIpc) is 2.38. The Morgan fingerprint density at radius 3 is 2.60 bits per heavy atom. The highest BCUT2D eigenvalue weighted by Gasteiger charge is 2.14. The van der Waals surface area contributed by atoms with E-state index < -0.39 is 10.0 Å². The maximum Gasteiger partial charge on any atom is 0.242 e. The molecule has 0 aromatic carbocycles. The predicted octanol–water partition coefficient (Wildman–Crippen LogP) is 1.82. The SMILES string of the molecule is CC(C)CCCCNS(=O)(=O)c1ccc(C(N)=S)nc1. The van der Waals surface area contributed by atoms with Crippen LogP contribution in [-0.2, 0) is 10.0 Å². The lowest BCUT2D eigenvalue weighted by Gasteiger charge is -2.08. The number of nitrogens with zero attached hydrogens (tertiary/aromatic N) is 1. The molecule has 1 aromatic heterocycles. The van der Waals surface area contributed by atoms with Crippen molar-refractivity contribution in [2.75, 3.05) is 6.54 Å². The van der Waals surface area contributed by atoms with Crippen LogP contribution in [0.5, 0.6) is 0 Å². The summed E-state index contributed by atoms with van der Waals surface area (Å²) in [5.74, 6) is 0.642. The number of thiocarbonyl (C=S) groups is 1. The smallest absolute Gasteiger partial charge is 0.242 e. The largest absolute Gasteiger partial charge is 0.388 e. The minimum atomic E-state index is -3.50. The van der Waals surface area contributed by atoms with E-state index in [1.165, 1.54) is 18.3 Å². The van der Waals surface area contributed by atoms with Crippen LogP contribution < -0.4 is 10.5 Å². The number of aromatic nitrogens is 1. The standard InChI is InChI=1S/C13H21N3O2S2/c1-10(2)5-3-4-8-16-20(17,18)11-6-7-12(13(14)19)15-9-11/h6-7,9-10,16H,3-5,8H2,1-2H3,(H2,14,19). The van der Waals surface area contributed by atoms with Gasteiger partial charge in [-0.15, -0.1) is 0 Å². The molecule has 0 aliphatic rings. The summed E-state index contributed by atoms with van der Waals surface area (Å²) in [6, 6.07) is 2.97. The van der Waals surface area contributed by atoms with Gasteiger partial charge in [0.25, 0.3) is 0 Å². The zero-order chi connectivity index (χ0) is 15.2. The first-order valence-electron chi connectivity index (χ1n) is 6.58. The minimum Gasteiger partial charge on any atom is -0.388 e. The molecule has 0 fully saturated rings. The fraction of sp³-hybridized carbons (Fsp3) is 0.538. The van der Waals surface area contributed by atoms with Crippen molar-refractivity contribution in [1.82, 2.24) is 9.71 Å². The van der Waals surface area contributed by atoms with Gasteiger partial charge in [0.1, 0.15) is 9.88 Å². The molecule has 0 aliphatic carbocycles. The number of nitrogens with two attached hydrogens (primary N) is 1. The van der Waals surface area contributed by atoms with Crippen LogP contribution in [0, 0.1) is 5.92 Å². The van der Waals surface area contributed by atoms with Gasteiger partial charge in [0.05, 0.1) is 5.69 Å². The van der Waals surface area contributed by atoms with Crippen molar-refractivity contribution < 1.29 is 8.42 Å². The van der Waals surface area contributed by atoms with Crippen molar-refractivity contribution >= 4 is 27.2 Å². The molecule has 1 aromatic rings. The number of nitrogens with one attached hydrogen (secondary N) is 1. The Bertz CT molecular complexity index is 539. The fourth-order valence-electron chi connectivity index (χ4n) is 1.65. The number of rotatable bonds is 8. The molecular weight excluding hydrogens is 294 g/mol. The Kier molecular flexibility index (Phi) is 6.51. The molecule has 112 valence electrons. The summed E-state index contributed by atoms with van der Waals surface area (Å²) in [4.78, 5) is 4.20. The first-order chi connectivity index (χ1) is 9.33. The van der Waals surface area contributed by atoms with Crippen LogP contribution in [-0.4, -0.2) is 24.9 Å². The van der Waals surface area contributed by atoms with Gasteiger partial charge in [0.2, 0.25) is 10.0 Å². The van der Waals surface area contributed by atoms with Gasteiger partial charge in [-0.25, -0.2) is 13.1 Å². The third-order valence-electron chi connectivity index (χ3n) is 2.80. The zero-order valence-electron chi connectivity index (χ0n) is 11.8. The topological polar surface area (TPSA) is 85.1 Å². The normalized spacial score (nSPS) is 11.8. The van der Waals surface area contributed by atoms with Crippen molar-refractivity contribution in [2.24, 2.45) is 11.7 Å². The summed E-state index contributed by atoms with van der Waals surface area (Å²) in [7, 11) is -3.50. The van der Waals surface area contributed by atoms with Crippen molar-refractivity contribution in [3.63, 3.8) is 0 Å². The molecule has 20 heavy (non-hydrogen) atoms. The Morgan fingerprint density at radius 1 is 1.40 bits per heavy atom. The summed E-state index contributed by atoms with van der Waals surface area (Å²) in [6.45, 7) is 4.74. The summed E-state index contributed by atoms with van der Waals surface area (Å²) in [5.41, 5.74) is 5.83. The lowest BCUT2D eigenvalue weighted by molar-refractivity contribution is 0.530. The molecule has 0 aliphatic heterocycles. The van der Waals surface area contributed by atoms with Gasteiger partial charge in [-0.3, -0.25) is 4.98 Å². The lowest BCUT2D eigenvalue weighted by atomic mass is 10.1. The number of pyridine rings is 1. The third-order valence-corrected chi connectivity index (χ3v) is 4.45. The van der Waals surface area contributed by atoms with Crippen LogP contribution in [0.3, 0.4) is 0 Å². The van der Waals surface area contributed by atoms with Crippen molar-refractivity contribution in [2.45, 2.75) is 38.0 Å². The van der Waals surface area contributed by atoms with Crippen LogP contribution in [0.25, 0.3) is 0 Å². The second-order valence-electron chi connectivity index (χ2n) is 5.03. The second-order valence-corrected chi connectivity index (χ2v) is 7.24. The van der Waals surface area contributed by atoms with E-state index in [1.807, 2.05) is 0 Å². The Balaban J connectivity index is 2.54. The van der Waals surface area contributed by atoms with E-state index in [4.69, 9.17) is 18.0 Å². The molecule has 0 saturated carbocycles. The molecular formula is C13H21N3O2S2. The predicted molar refractivity (Wildman–Crippen MR) is 84.0 cm³/mol. The van der Waals surface area contributed by atoms with E-state index in [9.17, 15) is 8.42 Å². The van der Waals surface area contributed by atoms with Gasteiger partial charge >= 0.3 is 0 Å². The van der Waals surface area contributed by atoms with Gasteiger partial charge in [0.15, 0.2) is 0 Å². The Labute approximate surface area is 126 Å². The quantitative estimate of drug-likeness (QED) is 0.564. The molecule has 0 atom stereocenters. The van der Waals surface area contributed by atoms with E-state index >= 15 is 0 Å². The first kappa shape index (κ1) is 17.0. The molecule has 3 N–H and O–H groups in total. The molecule has 1 heterocycles. The molecule has 0 saturated heterocycles. The van der Waals surface area contributed by atoms with E-state index in [2.05, 4.69) is 23.6 Å². The molecule has 0 amide bonds. The van der Waals surface area contributed by atoms with Crippen molar-refractivity contribution in [3.8, 4) is 0 Å². The van der Waals surface area contributed by atoms with Crippen LogP contribution in [0.2, 0.25) is 0 Å². The van der Waals surface area contributed by atoms with Crippen molar-refractivity contribution in [3.05, 3.63) is 24.0 Å². The number of hydrogen-bond donors (Lipinski definition) is 2.